The summed E-state index contributed by atoms with van der Waals surface area (Å²) in [6.45, 7) is 0.180. The molecule has 0 fully saturated rings. The number of nitrogens with zero attached hydrogens (tertiary/aromatic N) is 1. The molecule has 1 N–H and O–H groups in total. The van der Waals surface area contributed by atoms with Gasteiger partial charge in [-0.1, -0.05) is 29.8 Å². The number of aromatic nitrogens is 1. The van der Waals surface area contributed by atoms with Crippen molar-refractivity contribution in [1.82, 2.24) is 10.3 Å². The zero-order valence-electron chi connectivity index (χ0n) is 10.6. The highest BCUT2D eigenvalue weighted by atomic mass is 35.5. The maximum absolute atomic E-state index is 12.4. The molecule has 2 rings (SSSR count). The van der Waals surface area contributed by atoms with Crippen LogP contribution in [0.25, 0.3) is 0 Å². The number of hydrogen-bond acceptors (Lipinski definition) is 2. The Balaban J connectivity index is 2.03. The van der Waals surface area contributed by atoms with Gasteiger partial charge in [0.05, 0.1) is 5.56 Å². The largest absolute Gasteiger partial charge is 0.433 e. The van der Waals surface area contributed by atoms with Gasteiger partial charge in [-0.05, 0) is 23.8 Å². The molecule has 0 bridgehead atoms. The SMILES string of the molecule is O=C(NCc1ccccc1Cl)c1ccc(C(F)(F)F)nc1. The molecular weight excluding hydrogens is 305 g/mol. The molecule has 1 amide bonds. The van der Waals surface area contributed by atoms with Crippen molar-refractivity contribution in [2.75, 3.05) is 0 Å². The quantitative estimate of drug-likeness (QED) is 0.939. The van der Waals surface area contributed by atoms with E-state index in [4.69, 9.17) is 11.6 Å². The van der Waals surface area contributed by atoms with Crippen LogP contribution in [0.1, 0.15) is 21.6 Å². The van der Waals surface area contributed by atoms with Crippen molar-refractivity contribution in [3.8, 4) is 0 Å². The second-order valence-corrected chi connectivity index (χ2v) is 4.61. The lowest BCUT2D eigenvalue weighted by molar-refractivity contribution is -0.141. The van der Waals surface area contributed by atoms with Crippen molar-refractivity contribution in [1.29, 1.82) is 0 Å². The first-order chi connectivity index (χ1) is 9.88. The van der Waals surface area contributed by atoms with Gasteiger partial charge in [0.2, 0.25) is 0 Å². The molecule has 1 heterocycles. The molecular formula is C14H10ClF3N2O. The van der Waals surface area contributed by atoms with Gasteiger partial charge in [0.25, 0.3) is 5.91 Å². The molecule has 0 radical (unpaired) electrons. The Kier molecular flexibility index (Phi) is 4.47. The third kappa shape index (κ3) is 3.95. The maximum atomic E-state index is 12.4. The molecule has 0 aliphatic rings. The van der Waals surface area contributed by atoms with E-state index >= 15 is 0 Å². The number of carbonyl (C=O) groups is 1. The van der Waals surface area contributed by atoms with E-state index < -0.39 is 17.8 Å². The van der Waals surface area contributed by atoms with Gasteiger partial charge < -0.3 is 5.32 Å². The molecule has 0 saturated heterocycles. The fourth-order valence-corrected chi connectivity index (χ4v) is 1.82. The number of benzene rings is 1. The Hall–Kier alpha value is -2.08. The van der Waals surface area contributed by atoms with E-state index in [2.05, 4.69) is 10.3 Å². The fraction of sp³-hybridized carbons (Fsp3) is 0.143. The maximum Gasteiger partial charge on any atom is 0.433 e. The third-order valence-electron chi connectivity index (χ3n) is 2.71. The number of carbonyl (C=O) groups excluding carboxylic acids is 1. The number of hydrogen-bond donors (Lipinski definition) is 1. The van der Waals surface area contributed by atoms with Gasteiger partial charge in [0.1, 0.15) is 5.69 Å². The first-order valence-electron chi connectivity index (χ1n) is 5.93. The van der Waals surface area contributed by atoms with Crippen molar-refractivity contribution in [2.24, 2.45) is 0 Å². The minimum atomic E-state index is -4.52. The predicted molar refractivity (Wildman–Crippen MR) is 71.9 cm³/mol. The van der Waals surface area contributed by atoms with E-state index in [1.165, 1.54) is 0 Å². The summed E-state index contributed by atoms with van der Waals surface area (Å²) >= 11 is 5.94. The molecule has 0 saturated carbocycles. The summed E-state index contributed by atoms with van der Waals surface area (Å²) in [4.78, 5) is 15.0. The van der Waals surface area contributed by atoms with Crippen molar-refractivity contribution in [2.45, 2.75) is 12.7 Å². The molecule has 3 nitrogen and oxygen atoms in total. The number of halogens is 4. The van der Waals surface area contributed by atoms with Crippen molar-refractivity contribution in [3.05, 3.63) is 64.4 Å². The lowest BCUT2D eigenvalue weighted by Gasteiger charge is -2.08. The van der Waals surface area contributed by atoms with Crippen LogP contribution in [0.2, 0.25) is 5.02 Å². The van der Waals surface area contributed by atoms with E-state index in [9.17, 15) is 18.0 Å². The van der Waals surface area contributed by atoms with E-state index in [1.54, 1.807) is 24.3 Å². The molecule has 0 unspecified atom stereocenters. The predicted octanol–water partition coefficient (Wildman–Crippen LogP) is 3.68. The van der Waals surface area contributed by atoms with Crippen molar-refractivity contribution >= 4 is 17.5 Å². The molecule has 0 atom stereocenters. The van der Waals surface area contributed by atoms with Gasteiger partial charge in [-0.2, -0.15) is 13.2 Å². The first kappa shape index (κ1) is 15.3. The zero-order valence-corrected chi connectivity index (χ0v) is 11.4. The van der Waals surface area contributed by atoms with Crippen LogP contribution in [0.3, 0.4) is 0 Å². The van der Waals surface area contributed by atoms with E-state index in [-0.39, 0.29) is 12.1 Å². The monoisotopic (exact) mass is 314 g/mol. The Morgan fingerprint density at radius 2 is 1.90 bits per heavy atom. The lowest BCUT2D eigenvalue weighted by atomic mass is 10.2. The van der Waals surface area contributed by atoms with Crippen LogP contribution in [0.5, 0.6) is 0 Å². The molecule has 0 spiro atoms. The summed E-state index contributed by atoms with van der Waals surface area (Å²) in [6, 6.07) is 8.80. The fourth-order valence-electron chi connectivity index (χ4n) is 1.62. The Labute approximate surface area is 123 Å². The normalized spacial score (nSPS) is 11.2. The number of nitrogens with one attached hydrogen (secondary N) is 1. The van der Waals surface area contributed by atoms with Crippen LogP contribution < -0.4 is 5.32 Å². The molecule has 2 aromatic rings. The van der Waals surface area contributed by atoms with Crippen LogP contribution in [-0.4, -0.2) is 10.9 Å². The van der Waals surface area contributed by atoms with Crippen LogP contribution >= 0.6 is 11.6 Å². The first-order valence-corrected chi connectivity index (χ1v) is 6.30. The zero-order chi connectivity index (χ0) is 15.5. The van der Waals surface area contributed by atoms with Gasteiger partial charge in [-0.25, -0.2) is 0 Å². The van der Waals surface area contributed by atoms with E-state index in [0.717, 1.165) is 18.3 Å². The summed E-state index contributed by atoms with van der Waals surface area (Å²) < 4.78 is 37.1. The van der Waals surface area contributed by atoms with Gasteiger partial charge >= 0.3 is 6.18 Å². The highest BCUT2D eigenvalue weighted by Crippen LogP contribution is 2.27. The molecule has 110 valence electrons. The Morgan fingerprint density at radius 1 is 1.19 bits per heavy atom. The molecule has 1 aromatic carbocycles. The number of amides is 1. The van der Waals surface area contributed by atoms with Crippen LogP contribution in [-0.2, 0) is 12.7 Å². The molecule has 21 heavy (non-hydrogen) atoms. The third-order valence-corrected chi connectivity index (χ3v) is 3.08. The standard InChI is InChI=1S/C14H10ClF3N2O/c15-11-4-2-1-3-9(11)7-20-13(21)10-5-6-12(19-8-10)14(16,17)18/h1-6,8H,7H2,(H,20,21). The van der Waals surface area contributed by atoms with Crippen LogP contribution in [0.15, 0.2) is 42.6 Å². The number of pyridine rings is 1. The average molecular weight is 315 g/mol. The number of alkyl halides is 3. The molecule has 0 aliphatic carbocycles. The van der Waals surface area contributed by atoms with Crippen LogP contribution in [0, 0.1) is 0 Å². The van der Waals surface area contributed by atoms with Gasteiger partial charge in [0, 0.05) is 17.8 Å². The van der Waals surface area contributed by atoms with Crippen LogP contribution in [0.4, 0.5) is 13.2 Å². The highest BCUT2D eigenvalue weighted by Gasteiger charge is 2.32. The topological polar surface area (TPSA) is 42.0 Å². The second-order valence-electron chi connectivity index (χ2n) is 4.20. The van der Waals surface area contributed by atoms with Crippen molar-refractivity contribution in [3.63, 3.8) is 0 Å². The Morgan fingerprint density at radius 3 is 2.48 bits per heavy atom. The minimum absolute atomic E-state index is 0.0510. The Bertz CT molecular complexity index is 641. The lowest BCUT2D eigenvalue weighted by Crippen LogP contribution is -2.23. The van der Waals surface area contributed by atoms with Crippen molar-refractivity contribution < 1.29 is 18.0 Å². The van der Waals surface area contributed by atoms with Gasteiger partial charge in [-0.3, -0.25) is 9.78 Å². The summed E-state index contributed by atoms with van der Waals surface area (Å²) in [5, 5.41) is 3.07. The van der Waals surface area contributed by atoms with E-state index in [0.29, 0.717) is 10.6 Å². The van der Waals surface area contributed by atoms with E-state index in [1.807, 2.05) is 0 Å². The van der Waals surface area contributed by atoms with Gasteiger partial charge in [-0.15, -0.1) is 0 Å². The molecule has 1 aromatic heterocycles. The smallest absolute Gasteiger partial charge is 0.348 e. The summed E-state index contributed by atoms with van der Waals surface area (Å²) in [5.41, 5.74) is -0.271. The minimum Gasteiger partial charge on any atom is -0.348 e. The summed E-state index contributed by atoms with van der Waals surface area (Å²) in [6.07, 6.45) is -3.63. The summed E-state index contributed by atoms with van der Waals surface area (Å²) in [5.74, 6) is -0.517. The highest BCUT2D eigenvalue weighted by molar-refractivity contribution is 6.31. The van der Waals surface area contributed by atoms with Gasteiger partial charge in [0.15, 0.2) is 0 Å². The molecule has 0 aliphatic heterocycles. The average Bonchev–Trinajstić information content (AvgIpc) is 2.45. The molecule has 7 heteroatoms. The second kappa shape index (κ2) is 6.13. The number of rotatable bonds is 3. The summed E-state index contributed by atoms with van der Waals surface area (Å²) in [7, 11) is 0.